The molecule has 1 aliphatic rings. The lowest BCUT2D eigenvalue weighted by Crippen LogP contribution is -2.28. The highest BCUT2D eigenvalue weighted by Gasteiger charge is 2.16. The molecule has 2 aromatic carbocycles. The second-order valence-corrected chi connectivity index (χ2v) is 5.11. The number of benzene rings is 2. The van der Waals surface area contributed by atoms with Crippen LogP contribution in [0.15, 0.2) is 54.1 Å². The summed E-state index contributed by atoms with van der Waals surface area (Å²) in [5, 5.41) is 2.95. The molecule has 2 aromatic rings. The van der Waals surface area contributed by atoms with Gasteiger partial charge in [-0.05, 0) is 30.2 Å². The van der Waals surface area contributed by atoms with Crippen molar-refractivity contribution < 1.29 is 9.53 Å². The number of carbonyl (C=O) groups is 1. The van der Waals surface area contributed by atoms with E-state index >= 15 is 0 Å². The molecule has 1 N–H and O–H groups in total. The molecule has 106 valence electrons. The number of para-hydroxylation sites is 1. The van der Waals surface area contributed by atoms with Crippen molar-refractivity contribution in [2.45, 2.75) is 13.5 Å². The minimum absolute atomic E-state index is 0.0762. The van der Waals surface area contributed by atoms with E-state index in [9.17, 15) is 4.79 Å². The molecule has 0 saturated heterocycles. The van der Waals surface area contributed by atoms with Crippen molar-refractivity contribution in [2.75, 3.05) is 6.61 Å². The third kappa shape index (κ3) is 2.97. The van der Waals surface area contributed by atoms with Crippen LogP contribution in [0.5, 0.6) is 5.75 Å². The summed E-state index contributed by atoms with van der Waals surface area (Å²) in [7, 11) is 0. The van der Waals surface area contributed by atoms with Crippen LogP contribution < -0.4 is 10.1 Å². The van der Waals surface area contributed by atoms with E-state index in [1.54, 1.807) is 0 Å². The predicted molar refractivity (Wildman–Crippen MR) is 82.9 cm³/mol. The summed E-state index contributed by atoms with van der Waals surface area (Å²) in [5.74, 6) is 0.751. The molecule has 3 heteroatoms. The smallest absolute Gasteiger partial charge is 0.250 e. The number of ether oxygens (including phenoxy) is 1. The van der Waals surface area contributed by atoms with Crippen LogP contribution in [0.4, 0.5) is 0 Å². The van der Waals surface area contributed by atoms with E-state index in [2.05, 4.69) is 5.32 Å². The Morgan fingerprint density at radius 3 is 2.76 bits per heavy atom. The van der Waals surface area contributed by atoms with E-state index in [1.165, 1.54) is 5.56 Å². The highest BCUT2D eigenvalue weighted by Crippen LogP contribution is 2.25. The van der Waals surface area contributed by atoms with Crippen LogP contribution in [0, 0.1) is 6.92 Å². The molecule has 0 fully saturated rings. The van der Waals surface area contributed by atoms with Gasteiger partial charge in [-0.1, -0.05) is 42.5 Å². The van der Waals surface area contributed by atoms with E-state index in [4.69, 9.17) is 4.74 Å². The molecular weight excluding hydrogens is 262 g/mol. The molecule has 1 amide bonds. The number of fused-ring (bicyclic) bond motifs is 1. The quantitative estimate of drug-likeness (QED) is 0.937. The van der Waals surface area contributed by atoms with Gasteiger partial charge in [0.1, 0.15) is 12.4 Å². The molecule has 3 nitrogen and oxygen atoms in total. The number of nitrogens with one attached hydrogen (secondary N) is 1. The number of amides is 1. The lowest BCUT2D eigenvalue weighted by molar-refractivity contribution is -0.117. The van der Waals surface area contributed by atoms with Gasteiger partial charge in [-0.3, -0.25) is 4.79 Å². The van der Waals surface area contributed by atoms with Crippen LogP contribution in [-0.4, -0.2) is 12.5 Å². The van der Waals surface area contributed by atoms with E-state index in [-0.39, 0.29) is 5.91 Å². The van der Waals surface area contributed by atoms with Gasteiger partial charge in [-0.15, -0.1) is 0 Å². The number of rotatable bonds is 3. The van der Waals surface area contributed by atoms with Gasteiger partial charge in [-0.25, -0.2) is 0 Å². The van der Waals surface area contributed by atoms with E-state index in [0.29, 0.717) is 18.7 Å². The fourth-order valence-electron chi connectivity index (χ4n) is 2.34. The molecule has 0 atom stereocenters. The topological polar surface area (TPSA) is 38.3 Å². The molecule has 21 heavy (non-hydrogen) atoms. The standard InChI is InChI=1S/C18H17NO2/c1-13-6-2-3-8-15(13)11-19-18(20)16-10-14-7-4-5-9-17(14)21-12-16/h2-10H,11-12H2,1H3,(H,19,20). The average molecular weight is 279 g/mol. The average Bonchev–Trinajstić information content (AvgIpc) is 2.53. The molecule has 0 saturated carbocycles. The first-order chi connectivity index (χ1) is 10.2. The number of hydrogen-bond acceptors (Lipinski definition) is 2. The predicted octanol–water partition coefficient (Wildman–Crippen LogP) is 3.09. The Balaban J connectivity index is 1.70. The monoisotopic (exact) mass is 279 g/mol. The highest BCUT2D eigenvalue weighted by atomic mass is 16.5. The fourth-order valence-corrected chi connectivity index (χ4v) is 2.34. The molecule has 0 spiro atoms. The minimum atomic E-state index is -0.0762. The largest absolute Gasteiger partial charge is 0.488 e. The zero-order valence-electron chi connectivity index (χ0n) is 11.9. The number of carbonyl (C=O) groups excluding carboxylic acids is 1. The Labute approximate surface area is 124 Å². The third-order valence-electron chi connectivity index (χ3n) is 3.62. The molecule has 0 aliphatic carbocycles. The molecule has 1 aliphatic heterocycles. The second-order valence-electron chi connectivity index (χ2n) is 5.11. The summed E-state index contributed by atoms with van der Waals surface area (Å²) in [6, 6.07) is 15.8. The Morgan fingerprint density at radius 2 is 1.90 bits per heavy atom. The zero-order chi connectivity index (χ0) is 14.7. The number of hydrogen-bond donors (Lipinski definition) is 1. The van der Waals surface area contributed by atoms with Crippen LogP contribution >= 0.6 is 0 Å². The molecule has 0 aromatic heterocycles. The van der Waals surface area contributed by atoms with Crippen molar-refractivity contribution in [1.29, 1.82) is 0 Å². The lowest BCUT2D eigenvalue weighted by atomic mass is 10.1. The van der Waals surface area contributed by atoms with Crippen LogP contribution in [0.2, 0.25) is 0 Å². The summed E-state index contributed by atoms with van der Waals surface area (Å²) in [6.07, 6.45) is 1.89. The van der Waals surface area contributed by atoms with Crippen LogP contribution in [0.3, 0.4) is 0 Å². The highest BCUT2D eigenvalue weighted by molar-refractivity contribution is 5.99. The maximum atomic E-state index is 12.2. The SMILES string of the molecule is Cc1ccccc1CNC(=O)C1=Cc2ccccc2OC1. The Kier molecular flexibility index (Phi) is 3.73. The van der Waals surface area contributed by atoms with Gasteiger partial charge in [0.25, 0.3) is 5.91 Å². The Hall–Kier alpha value is -2.55. The van der Waals surface area contributed by atoms with Gasteiger partial charge in [-0.2, -0.15) is 0 Å². The van der Waals surface area contributed by atoms with Crippen molar-refractivity contribution in [1.82, 2.24) is 5.32 Å². The van der Waals surface area contributed by atoms with Gasteiger partial charge in [0.15, 0.2) is 0 Å². The second kappa shape index (κ2) is 5.83. The maximum absolute atomic E-state index is 12.2. The van der Waals surface area contributed by atoms with Crippen LogP contribution in [0.1, 0.15) is 16.7 Å². The van der Waals surface area contributed by atoms with Crippen molar-refractivity contribution in [3.05, 3.63) is 70.8 Å². The van der Waals surface area contributed by atoms with Crippen molar-refractivity contribution >= 4 is 12.0 Å². The summed E-state index contributed by atoms with van der Waals surface area (Å²) in [4.78, 5) is 12.2. The normalized spacial score (nSPS) is 12.9. The molecule has 0 unspecified atom stereocenters. The first-order valence-corrected chi connectivity index (χ1v) is 6.99. The van der Waals surface area contributed by atoms with Crippen LogP contribution in [-0.2, 0) is 11.3 Å². The Bertz CT molecular complexity index is 704. The van der Waals surface area contributed by atoms with Gasteiger partial charge < -0.3 is 10.1 Å². The molecular formula is C18H17NO2. The molecule has 0 bridgehead atoms. The van der Waals surface area contributed by atoms with Crippen molar-refractivity contribution in [3.8, 4) is 5.75 Å². The zero-order valence-corrected chi connectivity index (χ0v) is 11.9. The van der Waals surface area contributed by atoms with Gasteiger partial charge in [0.2, 0.25) is 0 Å². The minimum Gasteiger partial charge on any atom is -0.488 e. The van der Waals surface area contributed by atoms with Gasteiger partial charge in [0.05, 0.1) is 5.57 Å². The maximum Gasteiger partial charge on any atom is 0.250 e. The van der Waals surface area contributed by atoms with Crippen molar-refractivity contribution in [2.24, 2.45) is 0 Å². The summed E-state index contributed by atoms with van der Waals surface area (Å²) in [6.45, 7) is 2.89. The lowest BCUT2D eigenvalue weighted by Gasteiger charge is -2.17. The molecule has 0 radical (unpaired) electrons. The van der Waals surface area contributed by atoms with E-state index < -0.39 is 0 Å². The first kappa shape index (κ1) is 13.4. The van der Waals surface area contributed by atoms with E-state index in [1.807, 2.05) is 61.5 Å². The van der Waals surface area contributed by atoms with Crippen molar-refractivity contribution in [3.63, 3.8) is 0 Å². The third-order valence-corrected chi connectivity index (χ3v) is 3.62. The number of aryl methyl sites for hydroxylation is 1. The molecule has 1 heterocycles. The summed E-state index contributed by atoms with van der Waals surface area (Å²) < 4.78 is 5.60. The van der Waals surface area contributed by atoms with Gasteiger partial charge in [0, 0.05) is 12.1 Å². The van der Waals surface area contributed by atoms with E-state index in [0.717, 1.165) is 16.9 Å². The molecule has 3 rings (SSSR count). The first-order valence-electron chi connectivity index (χ1n) is 6.99. The Morgan fingerprint density at radius 1 is 1.14 bits per heavy atom. The van der Waals surface area contributed by atoms with Gasteiger partial charge >= 0.3 is 0 Å². The summed E-state index contributed by atoms with van der Waals surface area (Å²) in [5.41, 5.74) is 3.91. The summed E-state index contributed by atoms with van der Waals surface area (Å²) >= 11 is 0. The van der Waals surface area contributed by atoms with Crippen LogP contribution in [0.25, 0.3) is 6.08 Å². The fraction of sp³-hybridized carbons (Fsp3) is 0.167.